The Hall–Kier alpha value is -1.86. The molecule has 0 aliphatic heterocycles. The van der Waals surface area contributed by atoms with Gasteiger partial charge in [-0.05, 0) is 62.7 Å². The molecule has 0 aliphatic rings. The Morgan fingerprint density at radius 2 is 1.50 bits per heavy atom. The lowest BCUT2D eigenvalue weighted by Crippen LogP contribution is -2.50. The second kappa shape index (κ2) is 10.6. The van der Waals surface area contributed by atoms with Crippen LogP contribution in [-0.2, 0) is 16.1 Å². The Morgan fingerprint density at radius 3 is 2.04 bits per heavy atom. The Kier molecular flexibility index (Phi) is 8.51. The molecule has 0 saturated heterocycles. The van der Waals surface area contributed by atoms with E-state index in [2.05, 4.69) is 37.2 Å². The first-order chi connectivity index (χ1) is 13.3. The second-order valence-corrected chi connectivity index (χ2v) is 8.56. The summed E-state index contributed by atoms with van der Waals surface area (Å²) in [5.41, 5.74) is 0.935. The zero-order valence-electron chi connectivity index (χ0n) is 16.1. The van der Waals surface area contributed by atoms with Crippen molar-refractivity contribution in [1.82, 2.24) is 10.2 Å². The summed E-state index contributed by atoms with van der Waals surface area (Å²) in [6.07, 6.45) is 0. The number of hydrogen-bond acceptors (Lipinski definition) is 3. The molecule has 0 heterocycles. The largest absolute Gasteiger partial charge is 0.484 e. The molecule has 1 N–H and O–H groups in total. The number of nitrogens with one attached hydrogen (secondary N) is 1. The predicted molar refractivity (Wildman–Crippen MR) is 117 cm³/mol. The standard InChI is InChI=1S/C21H24Br2N2O3/c1-14(2)24-21(27)15(3)25(12-16-4-6-17(22)7-5-16)20(26)13-28-19-10-8-18(23)9-11-19/h4-11,14-15H,12-13H2,1-3H3,(H,24,27). The molecule has 2 aromatic rings. The van der Waals surface area contributed by atoms with Gasteiger partial charge in [0.1, 0.15) is 11.8 Å². The first-order valence-corrected chi connectivity index (χ1v) is 10.6. The number of hydrogen-bond donors (Lipinski definition) is 1. The molecule has 2 aromatic carbocycles. The van der Waals surface area contributed by atoms with E-state index >= 15 is 0 Å². The molecule has 2 rings (SSSR count). The summed E-state index contributed by atoms with van der Waals surface area (Å²) in [5.74, 6) is 0.153. The highest BCUT2D eigenvalue weighted by Crippen LogP contribution is 2.17. The lowest BCUT2D eigenvalue weighted by atomic mass is 10.1. The van der Waals surface area contributed by atoms with Crippen molar-refractivity contribution in [2.24, 2.45) is 0 Å². The van der Waals surface area contributed by atoms with Crippen molar-refractivity contribution in [3.63, 3.8) is 0 Å². The summed E-state index contributed by atoms with van der Waals surface area (Å²) in [6, 6.07) is 14.3. The van der Waals surface area contributed by atoms with E-state index in [-0.39, 0.29) is 24.5 Å². The molecule has 5 nitrogen and oxygen atoms in total. The monoisotopic (exact) mass is 510 g/mol. The Labute approximate surface area is 182 Å². The van der Waals surface area contributed by atoms with Crippen LogP contribution in [0.4, 0.5) is 0 Å². The van der Waals surface area contributed by atoms with Gasteiger partial charge in [0, 0.05) is 21.5 Å². The molecule has 0 aliphatic carbocycles. The van der Waals surface area contributed by atoms with Crippen molar-refractivity contribution >= 4 is 43.7 Å². The van der Waals surface area contributed by atoms with Gasteiger partial charge in [-0.15, -0.1) is 0 Å². The van der Waals surface area contributed by atoms with E-state index in [1.807, 2.05) is 50.2 Å². The molecule has 0 radical (unpaired) electrons. The third-order valence-corrected chi connectivity index (χ3v) is 5.10. The normalized spacial score (nSPS) is 11.8. The Morgan fingerprint density at radius 1 is 0.964 bits per heavy atom. The van der Waals surface area contributed by atoms with Gasteiger partial charge in [-0.1, -0.05) is 44.0 Å². The number of carbonyl (C=O) groups excluding carboxylic acids is 2. The molecule has 1 unspecified atom stereocenters. The molecule has 1 atom stereocenters. The number of nitrogens with zero attached hydrogens (tertiary/aromatic N) is 1. The summed E-state index contributed by atoms with van der Waals surface area (Å²) in [6.45, 7) is 5.69. The molecule has 0 bridgehead atoms. The molecule has 0 saturated carbocycles. The highest BCUT2D eigenvalue weighted by molar-refractivity contribution is 9.10. The van der Waals surface area contributed by atoms with Gasteiger partial charge >= 0.3 is 0 Å². The summed E-state index contributed by atoms with van der Waals surface area (Å²) < 4.78 is 7.51. The molecule has 150 valence electrons. The van der Waals surface area contributed by atoms with E-state index in [0.717, 1.165) is 14.5 Å². The minimum absolute atomic E-state index is 0.00130. The zero-order chi connectivity index (χ0) is 20.7. The molecular weight excluding hydrogens is 488 g/mol. The van der Waals surface area contributed by atoms with Crippen LogP contribution in [0.3, 0.4) is 0 Å². The number of ether oxygens (including phenoxy) is 1. The van der Waals surface area contributed by atoms with Crippen LogP contribution in [0.5, 0.6) is 5.75 Å². The fourth-order valence-corrected chi connectivity index (χ4v) is 3.06. The summed E-state index contributed by atoms with van der Waals surface area (Å²) in [7, 11) is 0. The maximum Gasteiger partial charge on any atom is 0.261 e. The zero-order valence-corrected chi connectivity index (χ0v) is 19.3. The van der Waals surface area contributed by atoms with Gasteiger partial charge in [0.15, 0.2) is 6.61 Å². The predicted octanol–water partition coefficient (Wildman–Crippen LogP) is 4.53. The quantitative estimate of drug-likeness (QED) is 0.566. The van der Waals surface area contributed by atoms with Crippen molar-refractivity contribution < 1.29 is 14.3 Å². The number of benzene rings is 2. The number of halogens is 2. The van der Waals surface area contributed by atoms with E-state index in [9.17, 15) is 9.59 Å². The van der Waals surface area contributed by atoms with Gasteiger partial charge in [0.05, 0.1) is 0 Å². The van der Waals surface area contributed by atoms with Gasteiger partial charge in [-0.3, -0.25) is 9.59 Å². The minimum Gasteiger partial charge on any atom is -0.484 e. The summed E-state index contributed by atoms with van der Waals surface area (Å²) in [4.78, 5) is 26.9. The van der Waals surface area contributed by atoms with Crippen LogP contribution in [0, 0.1) is 0 Å². The van der Waals surface area contributed by atoms with E-state index in [4.69, 9.17) is 4.74 Å². The maximum atomic E-state index is 12.9. The fraction of sp³-hybridized carbons (Fsp3) is 0.333. The van der Waals surface area contributed by atoms with Gasteiger partial charge in [0.25, 0.3) is 5.91 Å². The molecule has 28 heavy (non-hydrogen) atoms. The van der Waals surface area contributed by atoms with E-state index in [1.54, 1.807) is 24.0 Å². The van der Waals surface area contributed by atoms with Crippen LogP contribution in [0.1, 0.15) is 26.3 Å². The first-order valence-electron chi connectivity index (χ1n) is 8.99. The third kappa shape index (κ3) is 6.95. The number of rotatable bonds is 8. The molecule has 0 fully saturated rings. The van der Waals surface area contributed by atoms with Crippen LogP contribution in [0.25, 0.3) is 0 Å². The van der Waals surface area contributed by atoms with E-state index in [1.165, 1.54) is 0 Å². The second-order valence-electron chi connectivity index (χ2n) is 6.73. The van der Waals surface area contributed by atoms with Crippen molar-refractivity contribution in [2.45, 2.75) is 39.4 Å². The number of amides is 2. The van der Waals surface area contributed by atoms with Crippen molar-refractivity contribution in [3.05, 3.63) is 63.0 Å². The average Bonchev–Trinajstić information content (AvgIpc) is 2.65. The van der Waals surface area contributed by atoms with Gasteiger partial charge < -0.3 is 15.0 Å². The SMILES string of the molecule is CC(C)NC(=O)C(C)N(Cc1ccc(Br)cc1)C(=O)COc1ccc(Br)cc1. The smallest absolute Gasteiger partial charge is 0.261 e. The summed E-state index contributed by atoms with van der Waals surface area (Å²) in [5, 5.41) is 2.87. The highest BCUT2D eigenvalue weighted by atomic mass is 79.9. The third-order valence-electron chi connectivity index (χ3n) is 4.04. The van der Waals surface area contributed by atoms with Crippen molar-refractivity contribution in [3.8, 4) is 5.75 Å². The Bertz CT molecular complexity index is 792. The first kappa shape index (κ1) is 22.4. The van der Waals surface area contributed by atoms with Crippen molar-refractivity contribution in [1.29, 1.82) is 0 Å². The highest BCUT2D eigenvalue weighted by Gasteiger charge is 2.26. The van der Waals surface area contributed by atoms with Crippen molar-refractivity contribution in [2.75, 3.05) is 6.61 Å². The maximum absolute atomic E-state index is 12.9. The summed E-state index contributed by atoms with van der Waals surface area (Å²) >= 11 is 6.77. The average molecular weight is 512 g/mol. The molecule has 0 spiro atoms. The molecule has 7 heteroatoms. The van der Waals surface area contributed by atoms with Gasteiger partial charge in [0.2, 0.25) is 5.91 Å². The Balaban J connectivity index is 2.12. The van der Waals surface area contributed by atoms with Crippen LogP contribution in [-0.4, -0.2) is 35.4 Å². The lowest BCUT2D eigenvalue weighted by molar-refractivity contribution is -0.142. The lowest BCUT2D eigenvalue weighted by Gasteiger charge is -2.29. The van der Waals surface area contributed by atoms with E-state index in [0.29, 0.717) is 12.3 Å². The van der Waals surface area contributed by atoms with Crippen LogP contribution in [0.2, 0.25) is 0 Å². The van der Waals surface area contributed by atoms with Crippen LogP contribution in [0.15, 0.2) is 57.5 Å². The molecular formula is C21H24Br2N2O3. The molecule has 2 amide bonds. The van der Waals surface area contributed by atoms with Crippen LogP contribution >= 0.6 is 31.9 Å². The van der Waals surface area contributed by atoms with Gasteiger partial charge in [-0.25, -0.2) is 0 Å². The minimum atomic E-state index is -0.618. The van der Waals surface area contributed by atoms with Crippen LogP contribution < -0.4 is 10.1 Å². The van der Waals surface area contributed by atoms with Gasteiger partial charge in [-0.2, -0.15) is 0 Å². The van der Waals surface area contributed by atoms with E-state index < -0.39 is 6.04 Å². The molecule has 0 aromatic heterocycles. The fourth-order valence-electron chi connectivity index (χ4n) is 2.53. The number of carbonyl (C=O) groups is 2. The topological polar surface area (TPSA) is 58.6 Å².